The molecule has 2 aliphatic rings. The first-order valence-corrected chi connectivity index (χ1v) is 9.23. The summed E-state index contributed by atoms with van der Waals surface area (Å²) in [6.45, 7) is 1.56. The zero-order valence-corrected chi connectivity index (χ0v) is 15.1. The fourth-order valence-electron chi connectivity index (χ4n) is 3.91. The first-order chi connectivity index (χ1) is 13.7. The van der Waals surface area contributed by atoms with Crippen LogP contribution in [-0.4, -0.2) is 23.6 Å². The molecule has 140 valence electrons. The van der Waals surface area contributed by atoms with Crippen molar-refractivity contribution in [3.63, 3.8) is 0 Å². The minimum Gasteiger partial charge on any atom is -0.454 e. The summed E-state index contributed by atoms with van der Waals surface area (Å²) < 4.78 is 41.5. The monoisotopic (exact) mass is 378 g/mol. The lowest BCUT2D eigenvalue weighted by Gasteiger charge is -2.20. The van der Waals surface area contributed by atoms with Gasteiger partial charge in [-0.25, -0.2) is 13.4 Å². The number of hydrogen-bond acceptors (Lipinski definition) is 2. The van der Waals surface area contributed by atoms with Crippen LogP contribution in [0.4, 0.5) is 8.78 Å². The van der Waals surface area contributed by atoms with Crippen molar-refractivity contribution in [2.24, 2.45) is 0 Å². The van der Waals surface area contributed by atoms with Crippen molar-refractivity contribution < 1.29 is 22.8 Å². The molecule has 0 fully saturated rings. The molecule has 2 heterocycles. The predicted molar refractivity (Wildman–Crippen MR) is 101 cm³/mol. The Balaban J connectivity index is 1.71. The van der Waals surface area contributed by atoms with Gasteiger partial charge >= 0.3 is 0 Å². The Morgan fingerprint density at radius 2 is 1.64 bits per heavy atom. The Labute approximate surface area is 161 Å². The first-order valence-electron chi connectivity index (χ1n) is 9.23. The van der Waals surface area contributed by atoms with Crippen LogP contribution < -0.4 is 9.47 Å². The van der Waals surface area contributed by atoms with E-state index in [4.69, 9.17) is 9.47 Å². The number of hydrogen-bond donors (Lipinski definition) is 0. The van der Waals surface area contributed by atoms with Crippen molar-refractivity contribution in [3.8, 4) is 11.5 Å². The maximum absolute atomic E-state index is 14.8. The molecule has 0 unspecified atom stereocenters. The second-order valence-electron chi connectivity index (χ2n) is 6.99. The standard InChI is InChI=1S/C23H18F2NO2/c24-17-6-7-18(20(25)11-17)23-19-12-22-21(27-14-28-22)10-16(19)8-9-26(23)13-15-4-2-1-3-5-15/h1-7,10-12H,8-9,13-14H2/q+1. The lowest BCUT2D eigenvalue weighted by Crippen LogP contribution is -2.31. The summed E-state index contributed by atoms with van der Waals surface area (Å²) >= 11 is 0. The topological polar surface area (TPSA) is 21.5 Å². The summed E-state index contributed by atoms with van der Waals surface area (Å²) in [6, 6.07) is 17.7. The SMILES string of the molecule is Fc1ccc(C2=[N+](Cc3ccccc3)CCc3cc4c(cc32)OCO4)c(F)c1. The molecular formula is C23H18F2NO2+. The number of rotatable bonds is 3. The van der Waals surface area contributed by atoms with Crippen molar-refractivity contribution in [2.45, 2.75) is 13.0 Å². The molecule has 5 heteroatoms. The zero-order chi connectivity index (χ0) is 19.1. The lowest BCUT2D eigenvalue weighted by atomic mass is 9.91. The lowest BCUT2D eigenvalue weighted by molar-refractivity contribution is -0.544. The van der Waals surface area contributed by atoms with Gasteiger partial charge in [0.25, 0.3) is 0 Å². The molecule has 2 aliphatic heterocycles. The third-order valence-electron chi connectivity index (χ3n) is 5.22. The second-order valence-corrected chi connectivity index (χ2v) is 6.99. The average Bonchev–Trinajstić information content (AvgIpc) is 3.15. The number of halogens is 2. The van der Waals surface area contributed by atoms with Gasteiger partial charge in [-0.05, 0) is 29.8 Å². The van der Waals surface area contributed by atoms with E-state index < -0.39 is 11.6 Å². The third-order valence-corrected chi connectivity index (χ3v) is 5.22. The van der Waals surface area contributed by atoms with Gasteiger partial charge in [0.2, 0.25) is 12.5 Å². The Morgan fingerprint density at radius 3 is 2.43 bits per heavy atom. The Bertz CT molecular complexity index is 1090. The van der Waals surface area contributed by atoms with Crippen LogP contribution in [-0.2, 0) is 13.0 Å². The highest BCUT2D eigenvalue weighted by atomic mass is 19.1. The van der Waals surface area contributed by atoms with Gasteiger partial charge in [0.05, 0.1) is 11.1 Å². The van der Waals surface area contributed by atoms with Crippen LogP contribution in [0.15, 0.2) is 60.7 Å². The third kappa shape index (κ3) is 2.93. The molecule has 0 saturated heterocycles. The molecule has 0 atom stereocenters. The van der Waals surface area contributed by atoms with Gasteiger partial charge in [0.1, 0.15) is 18.2 Å². The summed E-state index contributed by atoms with van der Waals surface area (Å²) in [5.41, 5.74) is 4.24. The van der Waals surface area contributed by atoms with E-state index in [0.29, 0.717) is 23.6 Å². The van der Waals surface area contributed by atoms with Crippen LogP contribution in [0.1, 0.15) is 22.3 Å². The van der Waals surface area contributed by atoms with Crippen LogP contribution in [0.25, 0.3) is 0 Å². The van der Waals surface area contributed by atoms with Gasteiger partial charge in [0, 0.05) is 18.1 Å². The van der Waals surface area contributed by atoms with Crippen LogP contribution in [0, 0.1) is 11.6 Å². The van der Waals surface area contributed by atoms with Crippen LogP contribution >= 0.6 is 0 Å². The number of ether oxygens (including phenoxy) is 2. The van der Waals surface area contributed by atoms with E-state index in [0.717, 1.165) is 41.4 Å². The van der Waals surface area contributed by atoms with Crippen molar-refractivity contribution in [3.05, 3.63) is 94.6 Å². The molecule has 0 saturated carbocycles. The van der Waals surface area contributed by atoms with Crippen molar-refractivity contribution in [1.82, 2.24) is 0 Å². The fourth-order valence-corrected chi connectivity index (χ4v) is 3.91. The molecule has 0 N–H and O–H groups in total. The molecule has 0 amide bonds. The van der Waals surface area contributed by atoms with Crippen molar-refractivity contribution >= 4 is 5.71 Å². The normalized spacial score (nSPS) is 14.9. The first kappa shape index (κ1) is 16.9. The maximum Gasteiger partial charge on any atom is 0.231 e. The van der Waals surface area contributed by atoms with Crippen molar-refractivity contribution in [1.29, 1.82) is 0 Å². The minimum atomic E-state index is -0.585. The molecule has 0 aliphatic carbocycles. The van der Waals surface area contributed by atoms with E-state index in [1.165, 1.54) is 12.1 Å². The molecule has 0 aromatic heterocycles. The molecule has 0 spiro atoms. The molecular weight excluding hydrogens is 360 g/mol. The summed E-state index contributed by atoms with van der Waals surface area (Å²) in [5, 5.41) is 0. The molecule has 5 rings (SSSR count). The van der Waals surface area contributed by atoms with Gasteiger partial charge in [-0.3, -0.25) is 0 Å². The summed E-state index contributed by atoms with van der Waals surface area (Å²) in [6.07, 6.45) is 0.811. The van der Waals surface area contributed by atoms with Gasteiger partial charge in [-0.2, -0.15) is 0 Å². The Morgan fingerprint density at radius 1 is 0.857 bits per heavy atom. The summed E-state index contributed by atoms with van der Waals surface area (Å²) in [5.74, 6) is 0.214. The van der Waals surface area contributed by atoms with Crippen LogP contribution in [0.3, 0.4) is 0 Å². The highest BCUT2D eigenvalue weighted by molar-refractivity contribution is 6.11. The molecule has 3 nitrogen and oxygen atoms in total. The highest BCUT2D eigenvalue weighted by Gasteiger charge is 2.32. The molecule has 0 bridgehead atoms. The number of fused-ring (bicyclic) bond motifs is 2. The highest BCUT2D eigenvalue weighted by Crippen LogP contribution is 2.37. The van der Waals surface area contributed by atoms with E-state index in [1.807, 2.05) is 42.5 Å². The van der Waals surface area contributed by atoms with Crippen molar-refractivity contribution in [2.75, 3.05) is 13.3 Å². The predicted octanol–water partition coefficient (Wildman–Crippen LogP) is 4.30. The number of nitrogens with zero attached hydrogens (tertiary/aromatic N) is 1. The zero-order valence-electron chi connectivity index (χ0n) is 15.1. The maximum atomic E-state index is 14.8. The molecule has 3 aromatic rings. The van der Waals surface area contributed by atoms with Gasteiger partial charge in [0.15, 0.2) is 18.0 Å². The average molecular weight is 378 g/mol. The molecule has 0 radical (unpaired) electrons. The van der Waals surface area contributed by atoms with E-state index in [-0.39, 0.29) is 6.79 Å². The molecule has 28 heavy (non-hydrogen) atoms. The van der Waals surface area contributed by atoms with E-state index in [9.17, 15) is 8.78 Å². The van der Waals surface area contributed by atoms with Crippen LogP contribution in [0.2, 0.25) is 0 Å². The molecule has 3 aromatic carbocycles. The quantitative estimate of drug-likeness (QED) is 0.634. The summed E-state index contributed by atoms with van der Waals surface area (Å²) in [7, 11) is 0. The van der Waals surface area contributed by atoms with Crippen LogP contribution in [0.5, 0.6) is 11.5 Å². The largest absolute Gasteiger partial charge is 0.454 e. The van der Waals surface area contributed by atoms with Gasteiger partial charge in [-0.1, -0.05) is 30.3 Å². The Hall–Kier alpha value is -3.21. The second kappa shape index (κ2) is 6.75. The smallest absolute Gasteiger partial charge is 0.231 e. The van der Waals surface area contributed by atoms with E-state index in [2.05, 4.69) is 4.58 Å². The number of benzene rings is 3. The summed E-state index contributed by atoms with van der Waals surface area (Å²) in [4.78, 5) is 0. The Kier molecular flexibility index (Phi) is 4.08. The minimum absolute atomic E-state index is 0.187. The fraction of sp³-hybridized carbons (Fsp3) is 0.174. The van der Waals surface area contributed by atoms with E-state index in [1.54, 1.807) is 0 Å². The van der Waals surface area contributed by atoms with E-state index >= 15 is 0 Å². The van der Waals surface area contributed by atoms with Gasteiger partial charge in [-0.15, -0.1) is 0 Å². The van der Waals surface area contributed by atoms with Gasteiger partial charge < -0.3 is 9.47 Å².